The predicted octanol–water partition coefficient (Wildman–Crippen LogP) is 3.94. The number of nitrogens with zero attached hydrogens (tertiary/aromatic N) is 3. The van der Waals surface area contributed by atoms with E-state index >= 15 is 0 Å². The van der Waals surface area contributed by atoms with Crippen molar-refractivity contribution >= 4 is 17.7 Å². The van der Waals surface area contributed by atoms with Gasteiger partial charge in [0.05, 0.1) is 18.3 Å². The molecule has 7 nitrogen and oxygen atoms in total. The van der Waals surface area contributed by atoms with Gasteiger partial charge in [0.25, 0.3) is 0 Å². The lowest BCUT2D eigenvalue weighted by Gasteiger charge is -2.21. The molecular weight excluding hydrogens is 424 g/mol. The topological polar surface area (TPSA) is 78.3 Å². The van der Waals surface area contributed by atoms with Crippen molar-refractivity contribution in [2.75, 3.05) is 19.0 Å². The minimum atomic E-state index is -0.136. The Morgan fingerprint density at radius 3 is 2.69 bits per heavy atom. The van der Waals surface area contributed by atoms with Crippen molar-refractivity contribution in [3.8, 4) is 11.5 Å². The van der Waals surface area contributed by atoms with E-state index in [9.17, 15) is 4.79 Å². The molecule has 0 spiro atoms. The van der Waals surface area contributed by atoms with Crippen LogP contribution in [0.4, 0.5) is 0 Å². The summed E-state index contributed by atoms with van der Waals surface area (Å²) in [6, 6.07) is 16.0. The monoisotopic (exact) mass is 450 g/mol. The summed E-state index contributed by atoms with van der Waals surface area (Å²) in [7, 11) is 0. The smallest absolute Gasteiger partial charge is 0.230 e. The fourth-order valence-corrected chi connectivity index (χ4v) is 4.55. The van der Waals surface area contributed by atoms with Crippen molar-refractivity contribution < 1.29 is 14.3 Å². The summed E-state index contributed by atoms with van der Waals surface area (Å²) in [5.74, 6) is 3.24. The average molecular weight is 451 g/mol. The Kier molecular flexibility index (Phi) is 6.03. The first-order valence-electron chi connectivity index (χ1n) is 11.0. The third-order valence-electron chi connectivity index (χ3n) is 5.65. The lowest BCUT2D eigenvalue weighted by Crippen LogP contribution is -2.28. The maximum Gasteiger partial charge on any atom is 0.230 e. The lowest BCUT2D eigenvalue weighted by molar-refractivity contribution is -0.119. The molecule has 1 fully saturated rings. The van der Waals surface area contributed by atoms with E-state index in [2.05, 4.69) is 32.2 Å². The maximum absolute atomic E-state index is 12.7. The molecule has 5 rings (SSSR count). The highest BCUT2D eigenvalue weighted by Crippen LogP contribution is 2.40. The van der Waals surface area contributed by atoms with Crippen molar-refractivity contribution in [3.05, 3.63) is 65.5 Å². The van der Waals surface area contributed by atoms with Gasteiger partial charge in [-0.05, 0) is 43.0 Å². The standard InChI is InChI=1S/C24H26N4O3S/c1-16(19-9-10-20-21(13-19)31-12-11-30-20)25-22(29)15-32-24-27-26-23(18-7-8-18)28(24)14-17-5-3-2-4-6-17/h2-6,9-10,13,16,18H,7-8,11-12,14-15H2,1H3,(H,25,29)/t16-/m0/s1. The highest BCUT2D eigenvalue weighted by molar-refractivity contribution is 7.99. The van der Waals surface area contributed by atoms with Crippen LogP contribution in [0, 0.1) is 0 Å². The molecule has 8 heteroatoms. The molecule has 1 aliphatic heterocycles. The number of benzene rings is 2. The summed E-state index contributed by atoms with van der Waals surface area (Å²) in [5.41, 5.74) is 2.18. The molecule has 1 amide bonds. The van der Waals surface area contributed by atoms with Crippen molar-refractivity contribution in [1.29, 1.82) is 0 Å². The van der Waals surface area contributed by atoms with Crippen molar-refractivity contribution in [2.45, 2.75) is 43.4 Å². The number of rotatable bonds is 8. The minimum absolute atomic E-state index is 0.0420. The van der Waals surface area contributed by atoms with Gasteiger partial charge in [-0.25, -0.2) is 0 Å². The van der Waals surface area contributed by atoms with Gasteiger partial charge < -0.3 is 19.4 Å². The number of hydrogen-bond donors (Lipinski definition) is 1. The van der Waals surface area contributed by atoms with E-state index in [1.807, 2.05) is 43.3 Å². The molecule has 1 atom stereocenters. The van der Waals surface area contributed by atoms with Gasteiger partial charge >= 0.3 is 0 Å². The lowest BCUT2D eigenvalue weighted by atomic mass is 10.1. The molecule has 0 saturated heterocycles. The first kappa shape index (κ1) is 20.9. The van der Waals surface area contributed by atoms with Crippen molar-refractivity contribution in [3.63, 3.8) is 0 Å². The molecule has 32 heavy (non-hydrogen) atoms. The highest BCUT2D eigenvalue weighted by Gasteiger charge is 2.30. The number of hydrogen-bond acceptors (Lipinski definition) is 6. The van der Waals surface area contributed by atoms with E-state index in [4.69, 9.17) is 9.47 Å². The molecule has 166 valence electrons. The predicted molar refractivity (Wildman–Crippen MR) is 122 cm³/mol. The van der Waals surface area contributed by atoms with E-state index in [1.165, 1.54) is 17.3 Å². The molecule has 3 aromatic rings. The van der Waals surface area contributed by atoms with Crippen LogP contribution in [0.5, 0.6) is 11.5 Å². The summed E-state index contributed by atoms with van der Waals surface area (Å²) in [5, 5.41) is 12.7. The molecule has 1 aromatic heterocycles. The zero-order valence-electron chi connectivity index (χ0n) is 18.0. The van der Waals surface area contributed by atoms with Crippen LogP contribution in [0.25, 0.3) is 0 Å². The zero-order chi connectivity index (χ0) is 21.9. The number of aromatic nitrogens is 3. The summed E-state index contributed by atoms with van der Waals surface area (Å²) >= 11 is 1.43. The highest BCUT2D eigenvalue weighted by atomic mass is 32.2. The van der Waals surface area contributed by atoms with E-state index < -0.39 is 0 Å². The Hall–Kier alpha value is -3.00. The second kappa shape index (κ2) is 9.24. The van der Waals surface area contributed by atoms with Gasteiger partial charge in [0.2, 0.25) is 5.91 Å². The molecule has 0 bridgehead atoms. The van der Waals surface area contributed by atoms with Gasteiger partial charge in [-0.2, -0.15) is 0 Å². The molecule has 1 N–H and O–H groups in total. The van der Waals surface area contributed by atoms with Crippen molar-refractivity contribution in [1.82, 2.24) is 20.1 Å². The zero-order valence-corrected chi connectivity index (χ0v) is 18.8. The van der Waals surface area contributed by atoms with Crippen LogP contribution in [0.15, 0.2) is 53.7 Å². The Balaban J connectivity index is 1.22. The Labute approximate surface area is 191 Å². The summed E-state index contributed by atoms with van der Waals surface area (Å²) in [4.78, 5) is 12.7. The maximum atomic E-state index is 12.7. The number of fused-ring (bicyclic) bond motifs is 1. The van der Waals surface area contributed by atoms with Gasteiger partial charge in [0.1, 0.15) is 19.0 Å². The third kappa shape index (κ3) is 4.75. The normalized spacial score (nSPS) is 15.9. The molecule has 2 aromatic carbocycles. The van der Waals surface area contributed by atoms with Crippen LogP contribution >= 0.6 is 11.8 Å². The number of amides is 1. The first-order valence-corrected chi connectivity index (χ1v) is 11.9. The van der Waals surface area contributed by atoms with Gasteiger partial charge in [0.15, 0.2) is 16.7 Å². The van der Waals surface area contributed by atoms with Gasteiger partial charge in [-0.3, -0.25) is 4.79 Å². The second-order valence-corrected chi connectivity index (χ2v) is 9.11. The average Bonchev–Trinajstić information content (AvgIpc) is 3.59. The molecule has 0 radical (unpaired) electrons. The SMILES string of the molecule is C[C@H](NC(=O)CSc1nnc(C2CC2)n1Cc1ccccc1)c1ccc2c(c1)OCCO2. The van der Waals surface area contributed by atoms with Crippen LogP contribution in [-0.2, 0) is 11.3 Å². The minimum Gasteiger partial charge on any atom is -0.486 e. The van der Waals surface area contributed by atoms with Crippen LogP contribution in [0.2, 0.25) is 0 Å². The largest absolute Gasteiger partial charge is 0.486 e. The molecule has 1 saturated carbocycles. The molecular formula is C24H26N4O3S. The summed E-state index contributed by atoms with van der Waals surface area (Å²) < 4.78 is 13.4. The fourth-order valence-electron chi connectivity index (χ4n) is 3.79. The fraction of sp³-hybridized carbons (Fsp3) is 0.375. The molecule has 2 heterocycles. The number of carbonyl (C=O) groups is 1. The van der Waals surface area contributed by atoms with E-state index in [0.717, 1.165) is 47.4 Å². The van der Waals surface area contributed by atoms with Crippen molar-refractivity contribution in [2.24, 2.45) is 0 Å². The van der Waals surface area contributed by atoms with E-state index in [-0.39, 0.29) is 17.7 Å². The van der Waals surface area contributed by atoms with Gasteiger partial charge in [-0.15, -0.1) is 10.2 Å². The Morgan fingerprint density at radius 2 is 1.91 bits per heavy atom. The summed E-state index contributed by atoms with van der Waals surface area (Å²) in [6.07, 6.45) is 2.32. The Bertz CT molecular complexity index is 1100. The Morgan fingerprint density at radius 1 is 1.12 bits per heavy atom. The first-order chi connectivity index (χ1) is 15.7. The molecule has 2 aliphatic rings. The molecule has 1 aliphatic carbocycles. The van der Waals surface area contributed by atoms with Crippen LogP contribution in [-0.4, -0.2) is 39.6 Å². The number of thioether (sulfide) groups is 1. The number of ether oxygens (including phenoxy) is 2. The van der Waals surface area contributed by atoms with Crippen LogP contribution < -0.4 is 14.8 Å². The summed E-state index contributed by atoms with van der Waals surface area (Å²) in [6.45, 7) is 3.79. The second-order valence-electron chi connectivity index (χ2n) is 8.17. The van der Waals surface area contributed by atoms with Crippen LogP contribution in [0.1, 0.15) is 48.7 Å². The third-order valence-corrected chi connectivity index (χ3v) is 6.61. The van der Waals surface area contributed by atoms with Crippen LogP contribution in [0.3, 0.4) is 0 Å². The van der Waals surface area contributed by atoms with E-state index in [0.29, 0.717) is 19.1 Å². The molecule has 0 unspecified atom stereocenters. The number of nitrogens with one attached hydrogen (secondary N) is 1. The van der Waals surface area contributed by atoms with E-state index in [1.54, 1.807) is 0 Å². The van der Waals surface area contributed by atoms with Gasteiger partial charge in [0, 0.05) is 5.92 Å². The number of carbonyl (C=O) groups excluding carboxylic acids is 1. The van der Waals surface area contributed by atoms with Gasteiger partial charge in [-0.1, -0.05) is 48.2 Å². The quantitative estimate of drug-likeness (QED) is 0.524.